The molecule has 0 aliphatic heterocycles. The van der Waals surface area contributed by atoms with E-state index in [1.165, 1.54) is 19.2 Å². The quantitative estimate of drug-likeness (QED) is 0.653. The predicted molar refractivity (Wildman–Crippen MR) is 87.5 cm³/mol. The van der Waals surface area contributed by atoms with E-state index in [9.17, 15) is 9.59 Å². The Morgan fingerprint density at radius 3 is 2.61 bits per heavy atom. The molecule has 0 spiro atoms. The van der Waals surface area contributed by atoms with Crippen molar-refractivity contribution in [2.24, 2.45) is 0 Å². The molecular formula is C17H18N2O4. The molecule has 0 heterocycles. The van der Waals surface area contributed by atoms with E-state index in [2.05, 4.69) is 5.32 Å². The number of aryl methyl sites for hydroxylation is 1. The fourth-order valence-electron chi connectivity index (χ4n) is 2.00. The average molecular weight is 314 g/mol. The third-order valence-corrected chi connectivity index (χ3v) is 3.10. The summed E-state index contributed by atoms with van der Waals surface area (Å²) in [5, 5.41) is 2.66. The molecule has 120 valence electrons. The number of esters is 1. The highest BCUT2D eigenvalue weighted by molar-refractivity contribution is 5.96. The highest BCUT2D eigenvalue weighted by Gasteiger charge is 2.12. The summed E-state index contributed by atoms with van der Waals surface area (Å²) in [4.78, 5) is 23.7. The SMILES string of the molecule is COc1ccc(C(=O)OCC(=O)Nc2cccc(C)c2)cc1N. The van der Waals surface area contributed by atoms with Crippen LogP contribution in [0.25, 0.3) is 0 Å². The number of methoxy groups -OCH3 is 1. The molecule has 0 radical (unpaired) electrons. The van der Waals surface area contributed by atoms with Gasteiger partial charge >= 0.3 is 5.97 Å². The summed E-state index contributed by atoms with van der Waals surface area (Å²) in [6.45, 7) is 1.54. The first kappa shape index (κ1) is 16.4. The largest absolute Gasteiger partial charge is 0.495 e. The fraction of sp³-hybridized carbons (Fsp3) is 0.176. The van der Waals surface area contributed by atoms with Gasteiger partial charge in [-0.2, -0.15) is 0 Å². The number of nitrogen functional groups attached to an aromatic ring is 1. The number of amides is 1. The van der Waals surface area contributed by atoms with Crippen LogP contribution in [-0.2, 0) is 9.53 Å². The molecule has 0 bridgehead atoms. The number of anilines is 2. The van der Waals surface area contributed by atoms with Gasteiger partial charge in [-0.1, -0.05) is 12.1 Å². The molecule has 1 amide bonds. The van der Waals surface area contributed by atoms with Crippen molar-refractivity contribution in [1.29, 1.82) is 0 Å². The van der Waals surface area contributed by atoms with Crippen molar-refractivity contribution >= 4 is 23.3 Å². The lowest BCUT2D eigenvalue weighted by molar-refractivity contribution is -0.119. The van der Waals surface area contributed by atoms with Crippen LogP contribution < -0.4 is 15.8 Å². The van der Waals surface area contributed by atoms with Crippen molar-refractivity contribution in [1.82, 2.24) is 0 Å². The molecule has 0 saturated heterocycles. The second kappa shape index (κ2) is 7.31. The highest BCUT2D eigenvalue weighted by Crippen LogP contribution is 2.22. The third kappa shape index (κ3) is 4.47. The third-order valence-electron chi connectivity index (χ3n) is 3.10. The fourth-order valence-corrected chi connectivity index (χ4v) is 2.00. The van der Waals surface area contributed by atoms with E-state index in [4.69, 9.17) is 15.2 Å². The molecule has 2 aromatic rings. The summed E-state index contributed by atoms with van der Waals surface area (Å²) in [6, 6.07) is 11.9. The Balaban J connectivity index is 1.91. The van der Waals surface area contributed by atoms with Crippen LogP contribution in [0, 0.1) is 6.92 Å². The molecule has 3 N–H and O–H groups in total. The van der Waals surface area contributed by atoms with Crippen LogP contribution in [0.2, 0.25) is 0 Å². The monoisotopic (exact) mass is 314 g/mol. The van der Waals surface area contributed by atoms with Gasteiger partial charge < -0.3 is 20.5 Å². The van der Waals surface area contributed by atoms with Gasteiger partial charge in [0.1, 0.15) is 5.75 Å². The smallest absolute Gasteiger partial charge is 0.338 e. The summed E-state index contributed by atoms with van der Waals surface area (Å²) in [6.07, 6.45) is 0. The van der Waals surface area contributed by atoms with Crippen LogP contribution in [0.1, 0.15) is 15.9 Å². The van der Waals surface area contributed by atoms with Gasteiger partial charge in [-0.15, -0.1) is 0 Å². The van der Waals surface area contributed by atoms with E-state index in [-0.39, 0.29) is 12.2 Å². The Bertz CT molecular complexity index is 728. The van der Waals surface area contributed by atoms with Crippen LogP contribution in [0.5, 0.6) is 5.75 Å². The topological polar surface area (TPSA) is 90.6 Å². The minimum Gasteiger partial charge on any atom is -0.495 e. The van der Waals surface area contributed by atoms with Crippen molar-refractivity contribution < 1.29 is 19.1 Å². The zero-order chi connectivity index (χ0) is 16.8. The lowest BCUT2D eigenvalue weighted by Gasteiger charge is -2.09. The number of hydrogen-bond acceptors (Lipinski definition) is 5. The summed E-state index contributed by atoms with van der Waals surface area (Å²) in [5.41, 5.74) is 7.99. The molecule has 0 aliphatic rings. The van der Waals surface area contributed by atoms with Gasteiger partial charge in [0, 0.05) is 5.69 Å². The van der Waals surface area contributed by atoms with Gasteiger partial charge in [-0.05, 0) is 42.8 Å². The van der Waals surface area contributed by atoms with Gasteiger partial charge in [0.25, 0.3) is 5.91 Å². The lowest BCUT2D eigenvalue weighted by Crippen LogP contribution is -2.21. The van der Waals surface area contributed by atoms with Gasteiger partial charge in [0.15, 0.2) is 6.61 Å². The molecule has 23 heavy (non-hydrogen) atoms. The van der Waals surface area contributed by atoms with Crippen LogP contribution >= 0.6 is 0 Å². The number of ether oxygens (including phenoxy) is 2. The second-order valence-corrected chi connectivity index (χ2v) is 4.95. The molecule has 0 fully saturated rings. The van der Waals surface area contributed by atoms with Crippen LogP contribution in [0.15, 0.2) is 42.5 Å². The second-order valence-electron chi connectivity index (χ2n) is 4.95. The normalized spacial score (nSPS) is 10.0. The summed E-state index contributed by atoms with van der Waals surface area (Å²) in [7, 11) is 1.49. The predicted octanol–water partition coefficient (Wildman–Crippen LogP) is 2.38. The Labute approximate surface area is 134 Å². The number of carbonyl (C=O) groups is 2. The number of nitrogens with one attached hydrogen (secondary N) is 1. The maximum absolute atomic E-state index is 11.9. The van der Waals surface area contributed by atoms with Crippen LogP contribution in [-0.4, -0.2) is 25.6 Å². The van der Waals surface area contributed by atoms with Gasteiger partial charge in [0.2, 0.25) is 0 Å². The van der Waals surface area contributed by atoms with Crippen LogP contribution in [0.4, 0.5) is 11.4 Å². The molecule has 6 nitrogen and oxygen atoms in total. The Kier molecular flexibility index (Phi) is 5.19. The van der Waals surface area contributed by atoms with E-state index >= 15 is 0 Å². The Morgan fingerprint density at radius 2 is 1.96 bits per heavy atom. The lowest BCUT2D eigenvalue weighted by atomic mass is 10.2. The Hall–Kier alpha value is -3.02. The number of carbonyl (C=O) groups excluding carboxylic acids is 2. The zero-order valence-corrected chi connectivity index (χ0v) is 13.0. The molecule has 0 aliphatic carbocycles. The van der Waals surface area contributed by atoms with Gasteiger partial charge in [-0.25, -0.2) is 4.79 Å². The number of rotatable bonds is 5. The first-order valence-corrected chi connectivity index (χ1v) is 6.97. The molecule has 0 aromatic heterocycles. The first-order valence-electron chi connectivity index (χ1n) is 6.97. The van der Waals surface area contributed by atoms with E-state index in [0.29, 0.717) is 17.1 Å². The molecule has 6 heteroatoms. The molecule has 0 saturated carbocycles. The zero-order valence-electron chi connectivity index (χ0n) is 13.0. The highest BCUT2D eigenvalue weighted by atomic mass is 16.5. The van der Waals surface area contributed by atoms with E-state index in [0.717, 1.165) is 5.56 Å². The molecule has 2 rings (SSSR count). The molecule has 2 aromatic carbocycles. The van der Waals surface area contributed by atoms with Gasteiger partial charge in [0.05, 0.1) is 18.4 Å². The minimum atomic E-state index is -0.626. The van der Waals surface area contributed by atoms with Crippen LogP contribution in [0.3, 0.4) is 0 Å². The van der Waals surface area contributed by atoms with E-state index in [1.54, 1.807) is 12.1 Å². The Morgan fingerprint density at radius 1 is 1.17 bits per heavy atom. The van der Waals surface area contributed by atoms with Crippen molar-refractivity contribution in [3.05, 3.63) is 53.6 Å². The number of nitrogens with two attached hydrogens (primary N) is 1. The average Bonchev–Trinajstić information content (AvgIpc) is 2.52. The molecular weight excluding hydrogens is 296 g/mol. The number of hydrogen-bond donors (Lipinski definition) is 2. The molecule has 0 unspecified atom stereocenters. The first-order chi connectivity index (χ1) is 11.0. The van der Waals surface area contributed by atoms with Crippen molar-refractivity contribution in [2.45, 2.75) is 6.92 Å². The van der Waals surface area contributed by atoms with Gasteiger partial charge in [-0.3, -0.25) is 4.79 Å². The minimum absolute atomic E-state index is 0.256. The summed E-state index contributed by atoms with van der Waals surface area (Å²) >= 11 is 0. The standard InChI is InChI=1S/C17H18N2O4/c1-11-4-3-5-13(8-11)19-16(20)10-23-17(21)12-6-7-15(22-2)14(18)9-12/h3-9H,10,18H2,1-2H3,(H,19,20). The summed E-state index contributed by atoms with van der Waals surface area (Å²) < 4.78 is 9.99. The maximum atomic E-state index is 11.9. The van der Waals surface area contributed by atoms with E-state index in [1.807, 2.05) is 25.1 Å². The van der Waals surface area contributed by atoms with Crippen molar-refractivity contribution in [3.8, 4) is 5.75 Å². The van der Waals surface area contributed by atoms with E-state index < -0.39 is 11.9 Å². The van der Waals surface area contributed by atoms with Crippen molar-refractivity contribution in [2.75, 3.05) is 24.8 Å². The molecule has 0 atom stereocenters. The maximum Gasteiger partial charge on any atom is 0.338 e. The number of benzene rings is 2. The summed E-state index contributed by atoms with van der Waals surface area (Å²) in [5.74, 6) is -0.567. The van der Waals surface area contributed by atoms with Crippen molar-refractivity contribution in [3.63, 3.8) is 0 Å².